The second kappa shape index (κ2) is 12.4. The summed E-state index contributed by atoms with van der Waals surface area (Å²) < 4.78 is 0. The fraction of sp³-hybridized carbons (Fsp3) is 0.424. The van der Waals surface area contributed by atoms with Gasteiger partial charge in [-0.2, -0.15) is 0 Å². The van der Waals surface area contributed by atoms with E-state index in [2.05, 4.69) is 115 Å². The average molecular weight is 483 g/mol. The molecule has 0 aliphatic carbocycles. The zero-order valence-corrected chi connectivity index (χ0v) is 22.1. The summed E-state index contributed by atoms with van der Waals surface area (Å²) in [5, 5.41) is 3.41. The van der Waals surface area contributed by atoms with E-state index in [0.29, 0.717) is 0 Å². The Morgan fingerprint density at radius 1 is 0.722 bits per heavy atom. The van der Waals surface area contributed by atoms with Gasteiger partial charge in [-0.25, -0.2) is 0 Å². The first kappa shape index (κ1) is 26.2. The van der Waals surface area contributed by atoms with Crippen molar-refractivity contribution >= 4 is 5.91 Å². The lowest BCUT2D eigenvalue weighted by Gasteiger charge is -2.55. The molecule has 0 radical (unpaired) electrons. The summed E-state index contributed by atoms with van der Waals surface area (Å²) in [6, 6.07) is 32.1. The molecule has 0 bridgehead atoms. The Labute approximate surface area is 217 Å². The van der Waals surface area contributed by atoms with E-state index in [1.54, 1.807) is 0 Å². The van der Waals surface area contributed by atoms with Crippen molar-refractivity contribution in [1.82, 2.24) is 10.2 Å². The molecule has 1 heterocycles. The molecule has 0 aromatic heterocycles. The zero-order chi connectivity index (χ0) is 25.3. The first-order valence-electron chi connectivity index (χ1n) is 13.9. The van der Waals surface area contributed by atoms with Crippen LogP contribution >= 0.6 is 0 Å². The van der Waals surface area contributed by atoms with E-state index in [1.807, 2.05) is 0 Å². The number of nitrogens with one attached hydrogen (secondary N) is 1. The Kier molecular flexibility index (Phi) is 8.98. The fourth-order valence-electron chi connectivity index (χ4n) is 6.23. The van der Waals surface area contributed by atoms with Gasteiger partial charge in [0, 0.05) is 6.54 Å². The lowest BCUT2D eigenvalue weighted by atomic mass is 9.57. The summed E-state index contributed by atoms with van der Waals surface area (Å²) in [7, 11) is 0. The lowest BCUT2D eigenvalue weighted by Crippen LogP contribution is -2.69. The molecule has 1 aliphatic rings. The van der Waals surface area contributed by atoms with Crippen molar-refractivity contribution in [1.29, 1.82) is 0 Å². The molecule has 1 aliphatic heterocycles. The summed E-state index contributed by atoms with van der Waals surface area (Å²) in [5.74, 6) is 0.123. The maximum absolute atomic E-state index is 14.6. The van der Waals surface area contributed by atoms with Gasteiger partial charge in [-0.1, -0.05) is 124 Å². The van der Waals surface area contributed by atoms with E-state index in [9.17, 15) is 4.79 Å². The number of amides is 1. The monoisotopic (exact) mass is 482 g/mol. The summed E-state index contributed by atoms with van der Waals surface area (Å²) in [6.45, 7) is 6.99. The highest BCUT2D eigenvalue weighted by Gasteiger charge is 2.59. The zero-order valence-electron chi connectivity index (χ0n) is 22.1. The van der Waals surface area contributed by atoms with Crippen LogP contribution in [0.2, 0.25) is 0 Å². The maximum Gasteiger partial charge on any atom is 0.241 e. The topological polar surface area (TPSA) is 32.3 Å². The van der Waals surface area contributed by atoms with Gasteiger partial charge < -0.3 is 5.32 Å². The molecule has 3 aromatic rings. The van der Waals surface area contributed by atoms with Crippen LogP contribution in [0.3, 0.4) is 0 Å². The number of nitrogens with zero attached hydrogens (tertiary/aromatic N) is 1. The molecular weight excluding hydrogens is 440 g/mol. The number of carbonyl (C=O) groups excluding carboxylic acids is 1. The van der Waals surface area contributed by atoms with Gasteiger partial charge in [-0.05, 0) is 56.0 Å². The molecule has 1 saturated heterocycles. The van der Waals surface area contributed by atoms with Crippen LogP contribution in [-0.2, 0) is 10.2 Å². The van der Waals surface area contributed by atoms with Crippen LogP contribution in [0, 0.1) is 0 Å². The summed E-state index contributed by atoms with van der Waals surface area (Å²) in [4.78, 5) is 17.1. The second-order valence-electron chi connectivity index (χ2n) is 10.3. The Bertz CT molecular complexity index is 964. The third kappa shape index (κ3) is 4.99. The van der Waals surface area contributed by atoms with Crippen LogP contribution in [0.25, 0.3) is 0 Å². The predicted molar refractivity (Wildman–Crippen MR) is 150 cm³/mol. The maximum atomic E-state index is 14.6. The van der Waals surface area contributed by atoms with E-state index in [0.717, 1.165) is 62.0 Å². The van der Waals surface area contributed by atoms with Gasteiger partial charge in [0.05, 0.1) is 5.41 Å². The Hall–Kier alpha value is -2.91. The average Bonchev–Trinajstić information content (AvgIpc) is 2.95. The quantitative estimate of drug-likeness (QED) is 0.237. The minimum atomic E-state index is -0.817. The molecule has 1 fully saturated rings. The van der Waals surface area contributed by atoms with Crippen LogP contribution in [0.5, 0.6) is 0 Å². The highest BCUT2D eigenvalue weighted by Crippen LogP contribution is 2.50. The van der Waals surface area contributed by atoms with Gasteiger partial charge >= 0.3 is 0 Å². The van der Waals surface area contributed by atoms with Crippen molar-refractivity contribution in [2.75, 3.05) is 19.6 Å². The largest absolute Gasteiger partial charge is 0.354 e. The van der Waals surface area contributed by atoms with Gasteiger partial charge in [0.25, 0.3) is 0 Å². The summed E-state index contributed by atoms with van der Waals surface area (Å²) >= 11 is 0. The van der Waals surface area contributed by atoms with Crippen molar-refractivity contribution in [3.05, 3.63) is 108 Å². The molecule has 1 N–H and O–H groups in total. The molecule has 3 heteroatoms. The van der Waals surface area contributed by atoms with Gasteiger partial charge in [0.1, 0.15) is 5.54 Å². The van der Waals surface area contributed by atoms with Gasteiger partial charge in [0.2, 0.25) is 5.91 Å². The first-order chi connectivity index (χ1) is 17.7. The highest BCUT2D eigenvalue weighted by atomic mass is 16.2. The van der Waals surface area contributed by atoms with Crippen molar-refractivity contribution < 1.29 is 4.79 Å². The third-order valence-electron chi connectivity index (χ3n) is 8.10. The summed E-state index contributed by atoms with van der Waals surface area (Å²) in [6.07, 6.45) is 8.03. The number of rotatable bonds is 11. The standard InChI is InChI=1S/C33H42N2O/c1-3-4-5-16-25-34-31(36)32(2,35-26-17-9-18-27-35)33(28-19-10-6-11-20-28,29-21-12-7-13-22-29)30-23-14-8-15-24-30/h6-8,10-15,19-24H,3-5,9,16-18,25-27H2,1-2H3,(H,34,36). The van der Waals surface area contributed by atoms with Crippen molar-refractivity contribution in [2.45, 2.75) is 69.7 Å². The number of hydrogen-bond donors (Lipinski definition) is 1. The molecule has 1 amide bonds. The van der Waals surface area contributed by atoms with Gasteiger partial charge in [0.15, 0.2) is 0 Å². The molecule has 1 unspecified atom stereocenters. The Morgan fingerprint density at radius 3 is 1.64 bits per heavy atom. The number of carbonyl (C=O) groups is 1. The number of likely N-dealkylation sites (tertiary alicyclic amines) is 1. The van der Waals surface area contributed by atoms with Crippen LogP contribution < -0.4 is 5.32 Å². The van der Waals surface area contributed by atoms with E-state index < -0.39 is 11.0 Å². The minimum Gasteiger partial charge on any atom is -0.354 e. The molecular formula is C33H42N2O. The number of benzene rings is 3. The molecule has 0 spiro atoms. The van der Waals surface area contributed by atoms with Gasteiger partial charge in [-0.3, -0.25) is 9.69 Å². The van der Waals surface area contributed by atoms with Crippen LogP contribution in [-0.4, -0.2) is 36.0 Å². The van der Waals surface area contributed by atoms with E-state index >= 15 is 0 Å². The Balaban J connectivity index is 1.95. The summed E-state index contributed by atoms with van der Waals surface area (Å²) in [5.41, 5.74) is 1.95. The third-order valence-corrected chi connectivity index (χ3v) is 8.10. The molecule has 36 heavy (non-hydrogen) atoms. The molecule has 190 valence electrons. The molecule has 3 nitrogen and oxygen atoms in total. The van der Waals surface area contributed by atoms with E-state index in [-0.39, 0.29) is 5.91 Å². The smallest absolute Gasteiger partial charge is 0.241 e. The molecule has 3 aromatic carbocycles. The first-order valence-corrected chi connectivity index (χ1v) is 13.9. The molecule has 1 atom stereocenters. The van der Waals surface area contributed by atoms with E-state index in [4.69, 9.17) is 0 Å². The normalized spacial score (nSPS) is 16.3. The lowest BCUT2D eigenvalue weighted by molar-refractivity contribution is -0.136. The van der Waals surface area contributed by atoms with Crippen molar-refractivity contribution in [3.8, 4) is 0 Å². The molecule has 0 saturated carbocycles. The number of piperidine rings is 1. The van der Waals surface area contributed by atoms with Crippen LogP contribution in [0.1, 0.15) is 75.5 Å². The predicted octanol–water partition coefficient (Wildman–Crippen LogP) is 6.96. The second-order valence-corrected chi connectivity index (χ2v) is 10.3. The van der Waals surface area contributed by atoms with Crippen molar-refractivity contribution in [3.63, 3.8) is 0 Å². The van der Waals surface area contributed by atoms with E-state index in [1.165, 1.54) is 19.3 Å². The Morgan fingerprint density at radius 2 is 1.19 bits per heavy atom. The van der Waals surface area contributed by atoms with Gasteiger partial charge in [-0.15, -0.1) is 0 Å². The molecule has 4 rings (SSSR count). The fourth-order valence-corrected chi connectivity index (χ4v) is 6.23. The minimum absolute atomic E-state index is 0.123. The van der Waals surface area contributed by atoms with Crippen LogP contribution in [0.15, 0.2) is 91.0 Å². The number of unbranched alkanes of at least 4 members (excludes halogenated alkanes) is 3. The number of hydrogen-bond acceptors (Lipinski definition) is 2. The highest BCUT2D eigenvalue weighted by molar-refractivity contribution is 5.90. The van der Waals surface area contributed by atoms with Crippen LogP contribution in [0.4, 0.5) is 0 Å². The van der Waals surface area contributed by atoms with Crippen molar-refractivity contribution in [2.24, 2.45) is 0 Å². The SMILES string of the molecule is CCCCCCNC(=O)C(C)(N1CCCCC1)C(c1ccccc1)(c1ccccc1)c1ccccc1.